The third-order valence-corrected chi connectivity index (χ3v) is 2.52. The fourth-order valence-corrected chi connectivity index (χ4v) is 1.68. The van der Waals surface area contributed by atoms with Crippen LogP contribution in [0.2, 0.25) is 0 Å². The minimum atomic E-state index is -3.37. The van der Waals surface area contributed by atoms with Gasteiger partial charge >= 0.3 is 0 Å². The Hall–Kier alpha value is -1.91. The van der Waals surface area contributed by atoms with Gasteiger partial charge in [0.15, 0.2) is 9.84 Å². The van der Waals surface area contributed by atoms with Crippen molar-refractivity contribution in [3.8, 4) is 11.8 Å². The maximum absolute atomic E-state index is 11.3. The van der Waals surface area contributed by atoms with Crippen molar-refractivity contribution in [2.75, 3.05) is 23.9 Å². The van der Waals surface area contributed by atoms with Crippen LogP contribution in [0.1, 0.15) is 5.56 Å². The van der Waals surface area contributed by atoms with Crippen molar-refractivity contribution in [1.82, 2.24) is 4.98 Å². The molecule has 1 aromatic rings. The number of sulfone groups is 1. The molecule has 7 heteroatoms. The number of aliphatic hydroxyl groups is 1. The minimum Gasteiger partial charge on any atom is -0.384 e. The Kier molecular flexibility index (Phi) is 4.83. The van der Waals surface area contributed by atoms with Crippen LogP contribution in [-0.2, 0) is 14.6 Å². The Bertz CT molecular complexity index is 599. The standard InChI is InChI=1S/C11H12N2O4S/c1-18(16,17)8-11(15)13-10-7-9(3-2-6-14)4-5-12-10/h4-5,7,14H,6,8H2,1H3,(H,12,13,15). The average Bonchev–Trinajstić information content (AvgIpc) is 2.24. The molecule has 0 spiro atoms. The second-order valence-corrected chi connectivity index (χ2v) is 5.65. The number of pyridine rings is 1. The number of aromatic nitrogens is 1. The summed E-state index contributed by atoms with van der Waals surface area (Å²) in [4.78, 5) is 15.2. The van der Waals surface area contributed by atoms with E-state index in [0.29, 0.717) is 5.56 Å². The van der Waals surface area contributed by atoms with E-state index in [9.17, 15) is 13.2 Å². The molecule has 0 radical (unpaired) electrons. The molecule has 0 aliphatic carbocycles. The van der Waals surface area contributed by atoms with E-state index in [2.05, 4.69) is 22.1 Å². The van der Waals surface area contributed by atoms with Crippen LogP contribution >= 0.6 is 0 Å². The molecule has 0 aromatic carbocycles. The van der Waals surface area contributed by atoms with E-state index in [-0.39, 0.29) is 12.4 Å². The molecule has 0 fully saturated rings. The van der Waals surface area contributed by atoms with Gasteiger partial charge in [-0.2, -0.15) is 0 Å². The molecule has 96 valence electrons. The fraction of sp³-hybridized carbons (Fsp3) is 0.273. The van der Waals surface area contributed by atoms with E-state index in [1.165, 1.54) is 12.3 Å². The van der Waals surface area contributed by atoms with Gasteiger partial charge in [0, 0.05) is 18.0 Å². The van der Waals surface area contributed by atoms with Crippen LogP contribution < -0.4 is 5.32 Å². The minimum absolute atomic E-state index is 0.216. The molecule has 0 saturated carbocycles. The van der Waals surface area contributed by atoms with Gasteiger partial charge in [0.05, 0.1) is 0 Å². The number of aliphatic hydroxyl groups excluding tert-OH is 1. The lowest BCUT2D eigenvalue weighted by Gasteiger charge is -2.03. The van der Waals surface area contributed by atoms with Crippen molar-refractivity contribution < 1.29 is 18.3 Å². The van der Waals surface area contributed by atoms with Gasteiger partial charge in [0.25, 0.3) is 0 Å². The first kappa shape index (κ1) is 14.2. The lowest BCUT2D eigenvalue weighted by atomic mass is 10.2. The topological polar surface area (TPSA) is 96.4 Å². The highest BCUT2D eigenvalue weighted by Crippen LogP contribution is 2.05. The number of hydrogen-bond donors (Lipinski definition) is 2. The second kappa shape index (κ2) is 6.14. The molecule has 0 bridgehead atoms. The van der Waals surface area contributed by atoms with Gasteiger partial charge in [-0.25, -0.2) is 13.4 Å². The molecule has 0 aliphatic rings. The summed E-state index contributed by atoms with van der Waals surface area (Å²) in [5.41, 5.74) is 0.564. The van der Waals surface area contributed by atoms with Gasteiger partial charge in [0.2, 0.25) is 5.91 Å². The summed E-state index contributed by atoms with van der Waals surface area (Å²) in [7, 11) is -3.37. The van der Waals surface area contributed by atoms with Crippen molar-refractivity contribution in [1.29, 1.82) is 0 Å². The zero-order valence-electron chi connectivity index (χ0n) is 9.67. The van der Waals surface area contributed by atoms with Gasteiger partial charge in [-0.05, 0) is 12.1 Å². The molecule has 6 nitrogen and oxygen atoms in total. The van der Waals surface area contributed by atoms with E-state index in [4.69, 9.17) is 5.11 Å². The van der Waals surface area contributed by atoms with E-state index >= 15 is 0 Å². The molecule has 1 amide bonds. The van der Waals surface area contributed by atoms with Crippen LogP contribution in [-0.4, -0.2) is 43.0 Å². The molecule has 0 saturated heterocycles. The number of rotatable bonds is 3. The molecule has 0 atom stereocenters. The zero-order valence-corrected chi connectivity index (χ0v) is 10.5. The second-order valence-electron chi connectivity index (χ2n) is 3.51. The van der Waals surface area contributed by atoms with Crippen LogP contribution in [0.4, 0.5) is 5.82 Å². The fourth-order valence-electron chi connectivity index (χ4n) is 1.14. The Morgan fingerprint density at radius 2 is 2.28 bits per heavy atom. The van der Waals surface area contributed by atoms with Crippen LogP contribution in [0.5, 0.6) is 0 Å². The molecule has 2 N–H and O–H groups in total. The quantitative estimate of drug-likeness (QED) is 0.714. The van der Waals surface area contributed by atoms with Gasteiger partial charge in [-0.3, -0.25) is 4.79 Å². The van der Waals surface area contributed by atoms with Crippen LogP contribution in [0.15, 0.2) is 18.3 Å². The summed E-state index contributed by atoms with van der Waals surface area (Å²) >= 11 is 0. The Labute approximate surface area is 105 Å². The summed E-state index contributed by atoms with van der Waals surface area (Å²) in [5, 5.41) is 10.9. The third kappa shape index (κ3) is 5.43. The van der Waals surface area contributed by atoms with Crippen molar-refractivity contribution in [3.63, 3.8) is 0 Å². The monoisotopic (exact) mass is 268 g/mol. The zero-order chi connectivity index (χ0) is 13.6. The molecular formula is C11H12N2O4S. The van der Waals surface area contributed by atoms with E-state index in [1.807, 2.05) is 0 Å². The molecule has 1 rings (SSSR count). The highest BCUT2D eigenvalue weighted by molar-refractivity contribution is 7.91. The highest BCUT2D eigenvalue weighted by atomic mass is 32.2. The van der Waals surface area contributed by atoms with Gasteiger partial charge in [0.1, 0.15) is 18.2 Å². The first-order valence-electron chi connectivity index (χ1n) is 4.94. The molecule has 1 heterocycles. The first-order valence-corrected chi connectivity index (χ1v) is 7.00. The molecule has 0 unspecified atom stereocenters. The highest BCUT2D eigenvalue weighted by Gasteiger charge is 2.11. The molecular weight excluding hydrogens is 256 g/mol. The summed E-state index contributed by atoms with van der Waals surface area (Å²) in [6.45, 7) is -0.266. The number of amides is 1. The third-order valence-electron chi connectivity index (χ3n) is 1.73. The average molecular weight is 268 g/mol. The van der Waals surface area contributed by atoms with E-state index < -0.39 is 21.5 Å². The largest absolute Gasteiger partial charge is 0.384 e. The summed E-state index contributed by atoms with van der Waals surface area (Å²) in [6, 6.07) is 3.09. The molecule has 0 aliphatic heterocycles. The lowest BCUT2D eigenvalue weighted by molar-refractivity contribution is -0.113. The predicted molar refractivity (Wildman–Crippen MR) is 66.5 cm³/mol. The summed E-state index contributed by atoms with van der Waals surface area (Å²) in [6.07, 6.45) is 2.40. The van der Waals surface area contributed by atoms with Crippen LogP contribution in [0, 0.1) is 11.8 Å². The van der Waals surface area contributed by atoms with Gasteiger partial charge in [-0.1, -0.05) is 11.8 Å². The van der Waals surface area contributed by atoms with Crippen molar-refractivity contribution in [3.05, 3.63) is 23.9 Å². The Balaban J connectivity index is 2.76. The number of hydrogen-bond acceptors (Lipinski definition) is 5. The maximum atomic E-state index is 11.3. The lowest BCUT2D eigenvalue weighted by Crippen LogP contribution is -2.22. The predicted octanol–water partition coefficient (Wildman–Crippen LogP) is -0.592. The van der Waals surface area contributed by atoms with E-state index in [1.54, 1.807) is 6.07 Å². The maximum Gasteiger partial charge on any atom is 0.240 e. The smallest absolute Gasteiger partial charge is 0.240 e. The van der Waals surface area contributed by atoms with Crippen molar-refractivity contribution >= 4 is 21.6 Å². The number of carbonyl (C=O) groups excluding carboxylic acids is 1. The number of nitrogens with zero attached hydrogens (tertiary/aromatic N) is 1. The molecule has 1 aromatic heterocycles. The van der Waals surface area contributed by atoms with E-state index in [0.717, 1.165) is 6.26 Å². The van der Waals surface area contributed by atoms with Crippen molar-refractivity contribution in [2.24, 2.45) is 0 Å². The normalized spacial score (nSPS) is 10.3. The van der Waals surface area contributed by atoms with Crippen LogP contribution in [0.25, 0.3) is 0 Å². The Morgan fingerprint density at radius 1 is 1.56 bits per heavy atom. The van der Waals surface area contributed by atoms with Gasteiger partial charge < -0.3 is 10.4 Å². The molecule has 18 heavy (non-hydrogen) atoms. The summed E-state index contributed by atoms with van der Waals surface area (Å²) < 4.78 is 21.8. The van der Waals surface area contributed by atoms with Crippen molar-refractivity contribution in [2.45, 2.75) is 0 Å². The summed E-state index contributed by atoms with van der Waals surface area (Å²) in [5.74, 6) is 4.06. The number of nitrogens with one attached hydrogen (secondary N) is 1. The number of carbonyl (C=O) groups is 1. The first-order chi connectivity index (χ1) is 8.40. The number of anilines is 1. The van der Waals surface area contributed by atoms with Gasteiger partial charge in [-0.15, -0.1) is 0 Å². The van der Waals surface area contributed by atoms with Crippen LogP contribution in [0.3, 0.4) is 0 Å². The SMILES string of the molecule is CS(=O)(=O)CC(=O)Nc1cc(C#CCO)ccn1. The Morgan fingerprint density at radius 3 is 2.89 bits per heavy atom.